The van der Waals surface area contributed by atoms with E-state index in [1.54, 1.807) is 32.1 Å². The van der Waals surface area contributed by atoms with Gasteiger partial charge < -0.3 is 10.5 Å². The largest absolute Gasteiger partial charge is 0.443 e. The van der Waals surface area contributed by atoms with Gasteiger partial charge in [-0.25, -0.2) is 9.78 Å². The molecule has 0 bridgehead atoms. The number of hydrogen-bond donors (Lipinski definition) is 1. The van der Waals surface area contributed by atoms with Gasteiger partial charge in [-0.05, 0) is 32.9 Å². The first-order chi connectivity index (χ1) is 10.2. The fourth-order valence-corrected chi connectivity index (χ4v) is 3.88. The number of thiophene rings is 1. The van der Waals surface area contributed by atoms with Crippen molar-refractivity contribution in [1.82, 2.24) is 4.98 Å². The molecule has 0 aromatic carbocycles. The molecule has 0 fully saturated rings. The Bertz CT molecular complexity index is 689. The Labute approximate surface area is 137 Å². The number of nitrogens with two attached hydrogens (primary N) is 1. The molecule has 2 heterocycles. The maximum absolute atomic E-state index is 11.3. The minimum Gasteiger partial charge on any atom is -0.443 e. The summed E-state index contributed by atoms with van der Waals surface area (Å²) in [7, 11) is 0. The number of amides is 1. The van der Waals surface area contributed by atoms with Crippen LogP contribution in [0, 0.1) is 0 Å². The van der Waals surface area contributed by atoms with Crippen LogP contribution < -0.4 is 5.73 Å². The van der Waals surface area contributed by atoms with Crippen molar-refractivity contribution in [2.24, 2.45) is 5.73 Å². The third-order valence-electron chi connectivity index (χ3n) is 2.92. The van der Waals surface area contributed by atoms with Crippen molar-refractivity contribution in [3.63, 3.8) is 0 Å². The third-order valence-corrected chi connectivity index (χ3v) is 5.00. The molecule has 0 unspecified atom stereocenters. The first kappa shape index (κ1) is 16.6. The molecule has 0 spiro atoms. The van der Waals surface area contributed by atoms with Crippen LogP contribution in [0.1, 0.15) is 46.0 Å². The van der Waals surface area contributed by atoms with Crippen LogP contribution in [0.15, 0.2) is 17.5 Å². The van der Waals surface area contributed by atoms with Gasteiger partial charge in [0.2, 0.25) is 0 Å². The first-order valence-electron chi connectivity index (χ1n) is 6.76. The van der Waals surface area contributed by atoms with Gasteiger partial charge in [0.15, 0.2) is 5.78 Å². The number of ketones is 1. The zero-order chi connectivity index (χ0) is 16.3. The molecule has 0 aliphatic rings. The lowest BCUT2D eigenvalue weighted by Crippen LogP contribution is -2.33. The quantitative estimate of drug-likeness (QED) is 0.818. The number of thiazole rings is 1. The van der Waals surface area contributed by atoms with Gasteiger partial charge in [-0.3, -0.25) is 4.79 Å². The van der Waals surface area contributed by atoms with Crippen LogP contribution in [0.4, 0.5) is 4.79 Å². The number of carbonyl (C=O) groups excluding carboxylic acids is 2. The van der Waals surface area contributed by atoms with Gasteiger partial charge in [0.25, 0.3) is 0 Å². The molecule has 22 heavy (non-hydrogen) atoms. The van der Waals surface area contributed by atoms with E-state index in [1.807, 2.05) is 17.5 Å². The zero-order valence-corrected chi connectivity index (χ0v) is 14.3. The lowest BCUT2D eigenvalue weighted by Gasteiger charge is -2.22. The Balaban J connectivity index is 2.01. The van der Waals surface area contributed by atoms with E-state index in [0.717, 1.165) is 20.5 Å². The lowest BCUT2D eigenvalue weighted by atomic mass is 10.0. The molecule has 5 nitrogen and oxygen atoms in total. The smallest absolute Gasteiger partial charge is 0.405 e. The van der Waals surface area contributed by atoms with E-state index in [-0.39, 0.29) is 5.78 Å². The van der Waals surface area contributed by atoms with Crippen molar-refractivity contribution in [3.8, 4) is 0 Å². The fourth-order valence-electron chi connectivity index (χ4n) is 2.07. The first-order valence-corrected chi connectivity index (χ1v) is 8.46. The summed E-state index contributed by atoms with van der Waals surface area (Å²) in [6.07, 6.45) is 0.436. The van der Waals surface area contributed by atoms with Crippen molar-refractivity contribution in [3.05, 3.63) is 38.0 Å². The SMILES string of the molecule is CC(=O)c1ccc(Cc2nc(CC(C)(C)OC(N)=O)cs2)s1. The minimum absolute atomic E-state index is 0.0847. The van der Waals surface area contributed by atoms with Crippen LogP contribution in [0.3, 0.4) is 0 Å². The summed E-state index contributed by atoms with van der Waals surface area (Å²) in [4.78, 5) is 28.6. The summed E-state index contributed by atoms with van der Waals surface area (Å²) in [5, 5.41) is 2.93. The van der Waals surface area contributed by atoms with Crippen LogP contribution in [-0.4, -0.2) is 22.5 Å². The summed E-state index contributed by atoms with van der Waals surface area (Å²) in [6, 6.07) is 3.81. The molecule has 0 aliphatic carbocycles. The second-order valence-electron chi connectivity index (χ2n) is 5.59. The molecule has 7 heteroatoms. The van der Waals surface area contributed by atoms with Gasteiger partial charge >= 0.3 is 6.09 Å². The van der Waals surface area contributed by atoms with E-state index in [2.05, 4.69) is 4.98 Å². The highest BCUT2D eigenvalue weighted by atomic mass is 32.1. The van der Waals surface area contributed by atoms with E-state index >= 15 is 0 Å². The molecular formula is C15H18N2O3S2. The lowest BCUT2D eigenvalue weighted by molar-refractivity contribution is 0.0454. The number of hydrogen-bond acceptors (Lipinski definition) is 6. The number of nitrogens with zero attached hydrogens (tertiary/aromatic N) is 1. The molecule has 0 radical (unpaired) electrons. The Kier molecular flexibility index (Phi) is 4.97. The summed E-state index contributed by atoms with van der Waals surface area (Å²) >= 11 is 3.06. The van der Waals surface area contributed by atoms with Crippen molar-refractivity contribution in [2.75, 3.05) is 0 Å². The summed E-state index contributed by atoms with van der Waals surface area (Å²) < 4.78 is 5.07. The Hall–Kier alpha value is -1.73. The molecule has 2 N–H and O–H groups in total. The van der Waals surface area contributed by atoms with E-state index in [9.17, 15) is 9.59 Å². The molecule has 2 aromatic heterocycles. The van der Waals surface area contributed by atoms with Gasteiger partial charge in [0.05, 0.1) is 15.6 Å². The van der Waals surface area contributed by atoms with Crippen LogP contribution in [0.25, 0.3) is 0 Å². The number of primary amides is 1. The molecule has 2 aromatic rings. The average Bonchev–Trinajstić information content (AvgIpc) is 2.97. The van der Waals surface area contributed by atoms with E-state index in [0.29, 0.717) is 12.8 Å². The van der Waals surface area contributed by atoms with Gasteiger partial charge in [-0.15, -0.1) is 22.7 Å². The number of rotatable bonds is 6. The third kappa shape index (κ3) is 4.64. The van der Waals surface area contributed by atoms with E-state index < -0.39 is 11.7 Å². The minimum atomic E-state index is -0.782. The maximum Gasteiger partial charge on any atom is 0.405 e. The van der Waals surface area contributed by atoms with E-state index in [4.69, 9.17) is 10.5 Å². The summed E-state index contributed by atoms with van der Waals surface area (Å²) in [6.45, 7) is 5.17. The highest BCUT2D eigenvalue weighted by Crippen LogP contribution is 2.24. The molecule has 118 valence electrons. The Morgan fingerprint density at radius 1 is 1.36 bits per heavy atom. The Morgan fingerprint density at radius 3 is 2.68 bits per heavy atom. The predicted octanol–water partition coefficient (Wildman–Crippen LogP) is 3.41. The topological polar surface area (TPSA) is 82.3 Å². The Morgan fingerprint density at radius 2 is 2.09 bits per heavy atom. The molecule has 0 aliphatic heterocycles. The average molecular weight is 338 g/mol. The van der Waals surface area contributed by atoms with Crippen LogP contribution >= 0.6 is 22.7 Å². The molecule has 0 atom stereocenters. The number of Topliss-reactive ketones (excluding diaryl/α,β-unsaturated/α-hetero) is 1. The van der Waals surface area contributed by atoms with Crippen molar-refractivity contribution in [2.45, 2.75) is 39.2 Å². The molecule has 0 saturated carbocycles. The van der Waals surface area contributed by atoms with Crippen molar-refractivity contribution >= 4 is 34.6 Å². The fraction of sp³-hybridized carbons (Fsp3) is 0.400. The van der Waals surface area contributed by atoms with E-state index in [1.165, 1.54) is 11.3 Å². The van der Waals surface area contributed by atoms with Gasteiger partial charge in [0.1, 0.15) is 5.60 Å². The predicted molar refractivity (Wildman–Crippen MR) is 87.7 cm³/mol. The van der Waals surface area contributed by atoms with Crippen LogP contribution in [0.5, 0.6) is 0 Å². The second kappa shape index (κ2) is 6.58. The molecule has 2 rings (SSSR count). The van der Waals surface area contributed by atoms with Gasteiger partial charge in [0, 0.05) is 23.1 Å². The number of carbonyl (C=O) groups is 2. The monoisotopic (exact) mass is 338 g/mol. The number of aromatic nitrogens is 1. The van der Waals surface area contributed by atoms with Crippen LogP contribution in [-0.2, 0) is 17.6 Å². The van der Waals surface area contributed by atoms with Gasteiger partial charge in [-0.2, -0.15) is 0 Å². The van der Waals surface area contributed by atoms with Gasteiger partial charge in [-0.1, -0.05) is 0 Å². The molecular weight excluding hydrogens is 320 g/mol. The van der Waals surface area contributed by atoms with Crippen LogP contribution in [0.2, 0.25) is 0 Å². The van der Waals surface area contributed by atoms with Crippen molar-refractivity contribution < 1.29 is 14.3 Å². The standard InChI is InChI=1S/C15H18N2O3S2/c1-9(18)12-5-4-11(22-12)6-13-17-10(8-21-13)7-15(2,3)20-14(16)19/h4-5,8H,6-7H2,1-3H3,(H2,16,19). The zero-order valence-electron chi connectivity index (χ0n) is 12.7. The molecule has 0 saturated heterocycles. The second-order valence-corrected chi connectivity index (χ2v) is 7.70. The maximum atomic E-state index is 11.3. The summed E-state index contributed by atoms with van der Waals surface area (Å²) in [5.41, 5.74) is 5.25. The summed E-state index contributed by atoms with van der Waals surface area (Å²) in [5.74, 6) is 0.0847. The number of ether oxygens (including phenoxy) is 1. The molecule has 1 amide bonds. The normalized spacial score (nSPS) is 11.4. The highest BCUT2D eigenvalue weighted by molar-refractivity contribution is 7.14. The van der Waals surface area contributed by atoms with Crippen molar-refractivity contribution in [1.29, 1.82) is 0 Å². The highest BCUT2D eigenvalue weighted by Gasteiger charge is 2.23.